The monoisotopic (exact) mass is 267 g/mol. The van der Waals surface area contributed by atoms with Gasteiger partial charge in [0.2, 0.25) is 0 Å². The third-order valence-corrected chi connectivity index (χ3v) is 3.91. The van der Waals surface area contributed by atoms with E-state index in [0.717, 1.165) is 12.8 Å². The Bertz CT molecular complexity index is 510. The van der Waals surface area contributed by atoms with Crippen molar-refractivity contribution in [3.8, 4) is 0 Å². The molecule has 2 aromatic carbocycles. The molecule has 0 fully saturated rings. The standard InChI is InChI=1S/C19H25N/c1-15-4-8-17(9-5-15)12-13-19(20-3)14-18-10-6-16(2)7-11-18/h4-11,19-20H,12-14H2,1-3H3. The number of hydrogen-bond donors (Lipinski definition) is 1. The van der Waals surface area contributed by atoms with Crippen molar-refractivity contribution in [2.24, 2.45) is 0 Å². The summed E-state index contributed by atoms with van der Waals surface area (Å²) in [6.07, 6.45) is 3.41. The summed E-state index contributed by atoms with van der Waals surface area (Å²) in [5.41, 5.74) is 5.51. The van der Waals surface area contributed by atoms with E-state index in [-0.39, 0.29) is 0 Å². The van der Waals surface area contributed by atoms with Gasteiger partial charge in [0.15, 0.2) is 0 Å². The van der Waals surface area contributed by atoms with Crippen molar-refractivity contribution < 1.29 is 0 Å². The van der Waals surface area contributed by atoms with E-state index in [1.165, 1.54) is 28.7 Å². The second kappa shape index (κ2) is 7.25. The second-order valence-electron chi connectivity index (χ2n) is 5.70. The molecular formula is C19H25N. The fraction of sp³-hybridized carbons (Fsp3) is 0.368. The molecule has 1 nitrogen and oxygen atoms in total. The Morgan fingerprint density at radius 1 is 0.800 bits per heavy atom. The van der Waals surface area contributed by atoms with Gasteiger partial charge in [-0.2, -0.15) is 0 Å². The van der Waals surface area contributed by atoms with E-state index < -0.39 is 0 Å². The first-order valence-corrected chi connectivity index (χ1v) is 7.46. The third kappa shape index (κ3) is 4.50. The van der Waals surface area contributed by atoms with Crippen LogP contribution in [-0.2, 0) is 12.8 Å². The molecular weight excluding hydrogens is 242 g/mol. The topological polar surface area (TPSA) is 12.0 Å². The normalized spacial score (nSPS) is 12.3. The van der Waals surface area contributed by atoms with E-state index >= 15 is 0 Å². The molecule has 0 spiro atoms. The van der Waals surface area contributed by atoms with Crippen LogP contribution in [0.25, 0.3) is 0 Å². The summed E-state index contributed by atoms with van der Waals surface area (Å²) in [6, 6.07) is 18.3. The van der Waals surface area contributed by atoms with Gasteiger partial charge in [-0.25, -0.2) is 0 Å². The van der Waals surface area contributed by atoms with Crippen LogP contribution in [0.2, 0.25) is 0 Å². The molecule has 1 N–H and O–H groups in total. The summed E-state index contributed by atoms with van der Waals surface area (Å²) < 4.78 is 0. The lowest BCUT2D eigenvalue weighted by atomic mass is 9.98. The summed E-state index contributed by atoms with van der Waals surface area (Å²) in [4.78, 5) is 0. The van der Waals surface area contributed by atoms with Gasteiger partial charge >= 0.3 is 0 Å². The molecule has 0 saturated heterocycles. The lowest BCUT2D eigenvalue weighted by Gasteiger charge is -2.16. The molecule has 106 valence electrons. The molecule has 0 heterocycles. The van der Waals surface area contributed by atoms with E-state index in [0.29, 0.717) is 6.04 Å². The van der Waals surface area contributed by atoms with Crippen molar-refractivity contribution in [2.45, 2.75) is 39.2 Å². The third-order valence-electron chi connectivity index (χ3n) is 3.91. The minimum absolute atomic E-state index is 0.541. The molecule has 1 unspecified atom stereocenters. The number of rotatable bonds is 6. The molecule has 0 radical (unpaired) electrons. The minimum atomic E-state index is 0.541. The Balaban J connectivity index is 1.88. The quantitative estimate of drug-likeness (QED) is 0.832. The molecule has 2 rings (SSSR count). The number of aryl methyl sites for hydroxylation is 3. The van der Waals surface area contributed by atoms with Gasteiger partial charge in [-0.1, -0.05) is 59.7 Å². The first-order chi connectivity index (χ1) is 9.67. The van der Waals surface area contributed by atoms with Crippen molar-refractivity contribution in [1.82, 2.24) is 5.32 Å². The Labute approximate surface area is 123 Å². The van der Waals surface area contributed by atoms with Crippen LogP contribution in [0.4, 0.5) is 0 Å². The van der Waals surface area contributed by atoms with E-state index in [9.17, 15) is 0 Å². The van der Waals surface area contributed by atoms with Crippen LogP contribution in [0.5, 0.6) is 0 Å². The summed E-state index contributed by atoms with van der Waals surface area (Å²) in [6.45, 7) is 4.27. The largest absolute Gasteiger partial charge is 0.317 e. The van der Waals surface area contributed by atoms with Crippen molar-refractivity contribution in [3.05, 3.63) is 70.8 Å². The van der Waals surface area contributed by atoms with Gasteiger partial charge in [-0.3, -0.25) is 0 Å². The van der Waals surface area contributed by atoms with Crippen LogP contribution in [0, 0.1) is 13.8 Å². The highest BCUT2D eigenvalue weighted by molar-refractivity contribution is 5.23. The zero-order valence-corrected chi connectivity index (χ0v) is 12.8. The van der Waals surface area contributed by atoms with Crippen LogP contribution in [0.1, 0.15) is 28.7 Å². The first-order valence-electron chi connectivity index (χ1n) is 7.46. The molecule has 2 aromatic rings. The van der Waals surface area contributed by atoms with Gasteiger partial charge in [-0.05, 0) is 51.3 Å². The minimum Gasteiger partial charge on any atom is -0.317 e. The molecule has 0 saturated carbocycles. The molecule has 0 amide bonds. The van der Waals surface area contributed by atoms with Gasteiger partial charge in [0.25, 0.3) is 0 Å². The van der Waals surface area contributed by atoms with Crippen LogP contribution < -0.4 is 5.32 Å². The van der Waals surface area contributed by atoms with Crippen molar-refractivity contribution in [3.63, 3.8) is 0 Å². The van der Waals surface area contributed by atoms with Gasteiger partial charge < -0.3 is 5.32 Å². The highest BCUT2D eigenvalue weighted by Crippen LogP contribution is 2.11. The fourth-order valence-electron chi connectivity index (χ4n) is 2.45. The van der Waals surface area contributed by atoms with Crippen molar-refractivity contribution >= 4 is 0 Å². The summed E-state index contributed by atoms with van der Waals surface area (Å²) in [5, 5.41) is 3.45. The summed E-state index contributed by atoms with van der Waals surface area (Å²) >= 11 is 0. The highest BCUT2D eigenvalue weighted by Gasteiger charge is 2.07. The lowest BCUT2D eigenvalue weighted by molar-refractivity contribution is 0.520. The van der Waals surface area contributed by atoms with E-state index in [2.05, 4.69) is 74.7 Å². The van der Waals surface area contributed by atoms with Crippen LogP contribution in [0.15, 0.2) is 48.5 Å². The lowest BCUT2D eigenvalue weighted by Crippen LogP contribution is -2.28. The Hall–Kier alpha value is -1.60. The van der Waals surface area contributed by atoms with Crippen molar-refractivity contribution in [2.75, 3.05) is 7.05 Å². The highest BCUT2D eigenvalue weighted by atomic mass is 14.9. The number of nitrogens with one attached hydrogen (secondary N) is 1. The fourth-order valence-corrected chi connectivity index (χ4v) is 2.45. The average Bonchev–Trinajstić information content (AvgIpc) is 2.47. The second-order valence-corrected chi connectivity index (χ2v) is 5.70. The smallest absolute Gasteiger partial charge is 0.0108 e. The molecule has 1 heteroatoms. The SMILES string of the molecule is CNC(CCc1ccc(C)cc1)Cc1ccc(C)cc1. The Morgan fingerprint density at radius 3 is 1.80 bits per heavy atom. The maximum absolute atomic E-state index is 3.45. The predicted octanol–water partition coefficient (Wildman–Crippen LogP) is 4.07. The zero-order chi connectivity index (χ0) is 14.4. The molecule has 0 aliphatic heterocycles. The van der Waals surface area contributed by atoms with Crippen molar-refractivity contribution in [1.29, 1.82) is 0 Å². The van der Waals surface area contributed by atoms with Gasteiger partial charge in [0.1, 0.15) is 0 Å². The number of hydrogen-bond acceptors (Lipinski definition) is 1. The Morgan fingerprint density at radius 2 is 1.30 bits per heavy atom. The van der Waals surface area contributed by atoms with Gasteiger partial charge in [0, 0.05) is 6.04 Å². The molecule has 0 aliphatic carbocycles. The Kier molecular flexibility index (Phi) is 5.37. The molecule has 1 atom stereocenters. The van der Waals surface area contributed by atoms with Crippen LogP contribution >= 0.6 is 0 Å². The number of likely N-dealkylation sites (N-methyl/N-ethyl adjacent to an activating group) is 1. The van der Waals surface area contributed by atoms with E-state index in [1.54, 1.807) is 0 Å². The predicted molar refractivity (Wildman–Crippen MR) is 87.2 cm³/mol. The average molecular weight is 267 g/mol. The zero-order valence-electron chi connectivity index (χ0n) is 12.8. The molecule has 0 aliphatic rings. The van der Waals surface area contributed by atoms with Crippen LogP contribution in [0.3, 0.4) is 0 Å². The van der Waals surface area contributed by atoms with Gasteiger partial charge in [-0.15, -0.1) is 0 Å². The van der Waals surface area contributed by atoms with Crippen LogP contribution in [-0.4, -0.2) is 13.1 Å². The van der Waals surface area contributed by atoms with E-state index in [4.69, 9.17) is 0 Å². The summed E-state index contributed by atoms with van der Waals surface area (Å²) in [5.74, 6) is 0. The van der Waals surface area contributed by atoms with Gasteiger partial charge in [0.05, 0.1) is 0 Å². The molecule has 0 aromatic heterocycles. The molecule has 20 heavy (non-hydrogen) atoms. The van der Waals surface area contributed by atoms with E-state index in [1.807, 2.05) is 0 Å². The molecule has 0 bridgehead atoms. The summed E-state index contributed by atoms with van der Waals surface area (Å²) in [7, 11) is 2.06. The maximum Gasteiger partial charge on any atom is 0.0108 e. The maximum atomic E-state index is 3.45. The first kappa shape index (κ1) is 14.8. The number of benzene rings is 2.